The first-order chi connectivity index (χ1) is 20.7. The first-order valence-corrected chi connectivity index (χ1v) is 14.2. The molecule has 4 heteroatoms. The number of fused-ring (bicyclic) bond motifs is 5. The average molecular weight is 540 g/mol. The van der Waals surface area contributed by atoms with Gasteiger partial charge in [-0.2, -0.15) is 6.20 Å². The smallest absolute Gasteiger partial charge is 0.0568 e. The molecule has 4 nitrogen and oxygen atoms in total. The highest BCUT2D eigenvalue weighted by Crippen LogP contribution is 2.38. The van der Waals surface area contributed by atoms with Gasteiger partial charge in [0.25, 0.3) is 0 Å². The third kappa shape index (κ3) is 4.08. The van der Waals surface area contributed by atoms with Crippen molar-refractivity contribution in [2.45, 2.75) is 0 Å². The molecule has 0 unspecified atom stereocenters. The molecule has 8 rings (SSSR count). The monoisotopic (exact) mass is 539 g/mol. The Morgan fingerprint density at radius 2 is 1.38 bits per heavy atom. The molecule has 4 aromatic carbocycles. The predicted molar refractivity (Wildman–Crippen MR) is 175 cm³/mol. The molecule has 1 aliphatic rings. The predicted octanol–water partition coefficient (Wildman–Crippen LogP) is 9.42. The van der Waals surface area contributed by atoms with Crippen molar-refractivity contribution in [3.05, 3.63) is 151 Å². The first kappa shape index (κ1) is 24.3. The van der Waals surface area contributed by atoms with Crippen LogP contribution in [0.5, 0.6) is 0 Å². The number of aryl methyl sites for hydroxylation is 1. The summed E-state index contributed by atoms with van der Waals surface area (Å²) >= 11 is 0. The summed E-state index contributed by atoms with van der Waals surface area (Å²) in [5.74, 6) is 0. The van der Waals surface area contributed by atoms with Gasteiger partial charge < -0.3 is 9.88 Å². The Kier molecular flexibility index (Phi) is 5.71. The van der Waals surface area contributed by atoms with Crippen LogP contribution in [0.3, 0.4) is 0 Å². The minimum atomic E-state index is 0.674. The van der Waals surface area contributed by atoms with Gasteiger partial charge in [0.1, 0.15) is 0 Å². The van der Waals surface area contributed by atoms with Gasteiger partial charge in [-0.15, -0.1) is 6.54 Å². The van der Waals surface area contributed by atoms with Crippen molar-refractivity contribution in [1.29, 1.82) is 0 Å². The van der Waals surface area contributed by atoms with Crippen molar-refractivity contribution in [2.75, 3.05) is 6.54 Å². The summed E-state index contributed by atoms with van der Waals surface area (Å²) in [5.41, 5.74) is 11.9. The van der Waals surface area contributed by atoms with E-state index in [0.717, 1.165) is 11.1 Å². The van der Waals surface area contributed by atoms with Crippen LogP contribution in [-0.2, 0) is 7.05 Å². The van der Waals surface area contributed by atoms with Gasteiger partial charge in [-0.25, -0.2) is 0 Å². The maximum absolute atomic E-state index is 4.67. The van der Waals surface area contributed by atoms with Crippen molar-refractivity contribution >= 4 is 43.7 Å². The van der Waals surface area contributed by atoms with E-state index in [1.165, 1.54) is 66.0 Å². The second-order valence-electron chi connectivity index (χ2n) is 10.8. The Bertz CT molecular complexity index is 2190. The summed E-state index contributed by atoms with van der Waals surface area (Å²) in [4.78, 5) is 8.44. The van der Waals surface area contributed by atoms with Crippen LogP contribution >= 0.6 is 0 Å². The maximum atomic E-state index is 4.67. The van der Waals surface area contributed by atoms with Gasteiger partial charge in [0.05, 0.1) is 5.52 Å². The number of hydrogen-bond acceptors (Lipinski definition) is 2. The number of benzene rings is 4. The number of nitrogens with zero attached hydrogens (tertiary/aromatic N) is 4. The molecule has 42 heavy (non-hydrogen) atoms. The molecule has 4 heterocycles. The fourth-order valence-corrected chi connectivity index (χ4v) is 6.23. The zero-order valence-electron chi connectivity index (χ0n) is 23.2. The van der Waals surface area contributed by atoms with Crippen molar-refractivity contribution in [3.63, 3.8) is 0 Å². The standard InChI is InChI=1S/C38H27N4/c1-42-37-21-29(32-20-33(24-41-23-32)31-6-3-15-40-22-31)8-11-35(37)36-12-9-30-19-28(7-10-34(30)38(36)42)27-5-2-4-26(18-27)25-13-16-39-17-14-25/h2-22,24H,23H2,1H3/q-1. The summed E-state index contributed by atoms with van der Waals surface area (Å²) in [5, 5.41) is 9.71. The van der Waals surface area contributed by atoms with Crippen LogP contribution in [0.25, 0.3) is 71.3 Å². The lowest BCUT2D eigenvalue weighted by Crippen LogP contribution is -1.97. The molecular formula is C38H27N4-. The van der Waals surface area contributed by atoms with Gasteiger partial charge in [-0.3, -0.25) is 9.97 Å². The van der Waals surface area contributed by atoms with Crippen LogP contribution in [-0.4, -0.2) is 21.1 Å². The third-order valence-corrected chi connectivity index (χ3v) is 8.37. The zero-order valence-corrected chi connectivity index (χ0v) is 23.2. The highest BCUT2D eigenvalue weighted by Gasteiger charge is 2.14. The van der Waals surface area contributed by atoms with Crippen molar-refractivity contribution in [2.24, 2.45) is 7.05 Å². The molecule has 0 atom stereocenters. The van der Waals surface area contributed by atoms with E-state index in [1.54, 1.807) is 6.20 Å². The van der Waals surface area contributed by atoms with Crippen LogP contribution in [0.4, 0.5) is 0 Å². The number of rotatable bonds is 4. The molecule has 0 saturated carbocycles. The Labute approximate surface area is 244 Å². The van der Waals surface area contributed by atoms with Crippen molar-refractivity contribution in [3.8, 4) is 22.3 Å². The van der Waals surface area contributed by atoms with Gasteiger partial charge in [0, 0.05) is 53.5 Å². The van der Waals surface area contributed by atoms with Gasteiger partial charge >= 0.3 is 0 Å². The fraction of sp³-hybridized carbons (Fsp3) is 0.0526. The Morgan fingerprint density at radius 1 is 0.619 bits per heavy atom. The number of aromatic nitrogens is 3. The van der Waals surface area contributed by atoms with E-state index >= 15 is 0 Å². The lowest BCUT2D eigenvalue weighted by molar-refractivity contribution is 1.02. The molecule has 0 amide bonds. The minimum absolute atomic E-state index is 0.674. The van der Waals surface area contributed by atoms with E-state index < -0.39 is 0 Å². The first-order valence-electron chi connectivity index (χ1n) is 14.2. The second kappa shape index (κ2) is 9.86. The molecule has 1 aliphatic heterocycles. The number of allylic oxidation sites excluding steroid dienone is 2. The van der Waals surface area contributed by atoms with Crippen molar-refractivity contribution in [1.82, 2.24) is 14.5 Å². The lowest BCUT2D eigenvalue weighted by Gasteiger charge is -2.26. The van der Waals surface area contributed by atoms with Crippen molar-refractivity contribution < 1.29 is 0 Å². The van der Waals surface area contributed by atoms with E-state index in [-0.39, 0.29) is 0 Å². The van der Waals surface area contributed by atoms with Gasteiger partial charge in [-0.1, -0.05) is 72.3 Å². The van der Waals surface area contributed by atoms with Crippen LogP contribution in [0.1, 0.15) is 11.1 Å². The summed E-state index contributed by atoms with van der Waals surface area (Å²) < 4.78 is 2.35. The molecular weight excluding hydrogens is 512 g/mol. The highest BCUT2D eigenvalue weighted by atomic mass is 14.9. The highest BCUT2D eigenvalue weighted by molar-refractivity contribution is 6.18. The van der Waals surface area contributed by atoms with E-state index in [2.05, 4.69) is 124 Å². The number of hydrogen-bond donors (Lipinski definition) is 0. The van der Waals surface area contributed by atoms with E-state index in [1.807, 2.05) is 30.9 Å². The Hall–Kier alpha value is -5.48. The van der Waals surface area contributed by atoms with Gasteiger partial charge in [0.15, 0.2) is 0 Å². The minimum Gasteiger partial charge on any atom is -0.686 e. The van der Waals surface area contributed by atoms with Crippen LogP contribution < -0.4 is 0 Å². The normalized spacial score (nSPS) is 13.3. The molecule has 7 aromatic rings. The molecule has 0 bridgehead atoms. The summed E-state index contributed by atoms with van der Waals surface area (Å²) in [6.45, 7) is 0.674. The van der Waals surface area contributed by atoms with Crippen LogP contribution in [0.2, 0.25) is 0 Å². The topological polar surface area (TPSA) is 44.8 Å². The fourth-order valence-electron chi connectivity index (χ4n) is 6.23. The molecule has 0 radical (unpaired) electrons. The zero-order chi connectivity index (χ0) is 28.0. The molecule has 0 N–H and O–H groups in total. The SMILES string of the molecule is Cn1c2cc(C3=CC(c4cccnc4)=C[N-]C3)ccc2c2ccc3cc(-c4cccc(-c5ccncc5)c4)ccc3c21. The van der Waals surface area contributed by atoms with E-state index in [0.29, 0.717) is 6.54 Å². The largest absolute Gasteiger partial charge is 0.686 e. The lowest BCUT2D eigenvalue weighted by atomic mass is 9.96. The van der Waals surface area contributed by atoms with Gasteiger partial charge in [0.2, 0.25) is 0 Å². The Balaban J connectivity index is 1.20. The molecule has 0 saturated heterocycles. The molecule has 200 valence electrons. The molecule has 0 spiro atoms. The van der Waals surface area contributed by atoms with E-state index in [9.17, 15) is 0 Å². The summed E-state index contributed by atoms with van der Waals surface area (Å²) in [7, 11) is 2.18. The second-order valence-corrected chi connectivity index (χ2v) is 10.8. The van der Waals surface area contributed by atoms with Crippen LogP contribution in [0.15, 0.2) is 134 Å². The molecule has 0 fully saturated rings. The molecule has 0 aliphatic carbocycles. The van der Waals surface area contributed by atoms with E-state index in [4.69, 9.17) is 0 Å². The average Bonchev–Trinajstić information content (AvgIpc) is 3.36. The third-order valence-electron chi connectivity index (χ3n) is 8.37. The summed E-state index contributed by atoms with van der Waals surface area (Å²) in [6.07, 6.45) is 11.6. The Morgan fingerprint density at radius 3 is 2.24 bits per heavy atom. The number of pyridine rings is 2. The van der Waals surface area contributed by atoms with Crippen LogP contribution in [0, 0.1) is 0 Å². The quantitative estimate of drug-likeness (QED) is 0.224. The van der Waals surface area contributed by atoms with Gasteiger partial charge in [-0.05, 0) is 80.7 Å². The molecule has 3 aromatic heterocycles. The summed E-state index contributed by atoms with van der Waals surface area (Å²) in [6, 6.07) is 35.1. The maximum Gasteiger partial charge on any atom is 0.0568 e.